The van der Waals surface area contributed by atoms with Crippen molar-refractivity contribution in [3.05, 3.63) is 34.9 Å². The Kier molecular flexibility index (Phi) is 5.32. The van der Waals surface area contributed by atoms with Crippen LogP contribution in [-0.2, 0) is 19.1 Å². The molecule has 0 unspecified atom stereocenters. The SMILES string of the molecule is COC(=O)CC(=O)OCC(=O)c1ccc(Cl)cc1. The summed E-state index contributed by atoms with van der Waals surface area (Å²) in [5.74, 6) is -1.88. The normalized spacial score (nSPS) is 9.67. The van der Waals surface area contributed by atoms with Gasteiger partial charge in [0.15, 0.2) is 12.4 Å². The first-order valence-corrected chi connectivity index (χ1v) is 5.42. The number of esters is 2. The summed E-state index contributed by atoms with van der Waals surface area (Å²) in [6.45, 7) is -0.419. The van der Waals surface area contributed by atoms with Crippen LogP contribution in [0.4, 0.5) is 0 Å². The molecule has 1 aromatic rings. The topological polar surface area (TPSA) is 69.7 Å². The number of Topliss-reactive ketones (excluding diaryl/α,β-unsaturated/α-hetero) is 1. The molecule has 96 valence electrons. The third-order valence-corrected chi connectivity index (χ3v) is 2.30. The predicted molar refractivity (Wildman–Crippen MR) is 63.4 cm³/mol. The van der Waals surface area contributed by atoms with Crippen molar-refractivity contribution >= 4 is 29.3 Å². The number of hydrogen-bond acceptors (Lipinski definition) is 5. The van der Waals surface area contributed by atoms with Crippen molar-refractivity contribution in [2.24, 2.45) is 0 Å². The fourth-order valence-electron chi connectivity index (χ4n) is 1.11. The lowest BCUT2D eigenvalue weighted by Gasteiger charge is -2.03. The highest BCUT2D eigenvalue weighted by Gasteiger charge is 2.13. The molecule has 6 heteroatoms. The third-order valence-electron chi connectivity index (χ3n) is 2.05. The standard InChI is InChI=1S/C12H11ClO5/c1-17-11(15)6-12(16)18-7-10(14)8-2-4-9(13)5-3-8/h2-5H,6-7H2,1H3. The highest BCUT2D eigenvalue weighted by Crippen LogP contribution is 2.10. The Morgan fingerprint density at radius 1 is 1.11 bits per heavy atom. The van der Waals surface area contributed by atoms with Gasteiger partial charge in [0.25, 0.3) is 0 Å². The Bertz CT molecular complexity index is 452. The number of rotatable bonds is 5. The maximum Gasteiger partial charge on any atom is 0.317 e. The summed E-state index contributed by atoms with van der Waals surface area (Å²) in [6, 6.07) is 6.17. The van der Waals surface area contributed by atoms with E-state index in [1.165, 1.54) is 12.1 Å². The van der Waals surface area contributed by atoms with E-state index in [0.717, 1.165) is 7.11 Å². The largest absolute Gasteiger partial charge is 0.469 e. The maximum atomic E-state index is 11.6. The number of benzene rings is 1. The number of halogens is 1. The molecule has 0 saturated carbocycles. The van der Waals surface area contributed by atoms with E-state index in [0.29, 0.717) is 10.6 Å². The van der Waals surface area contributed by atoms with Crippen molar-refractivity contribution in [1.82, 2.24) is 0 Å². The lowest BCUT2D eigenvalue weighted by atomic mass is 10.1. The maximum absolute atomic E-state index is 11.6. The van der Waals surface area contributed by atoms with E-state index in [9.17, 15) is 14.4 Å². The summed E-state index contributed by atoms with van der Waals surface area (Å²) in [5, 5.41) is 0.509. The second-order valence-corrected chi connectivity index (χ2v) is 3.78. The quantitative estimate of drug-likeness (QED) is 0.462. The Balaban J connectivity index is 2.44. The van der Waals surface area contributed by atoms with Gasteiger partial charge in [0.2, 0.25) is 0 Å². The van der Waals surface area contributed by atoms with Gasteiger partial charge in [0.05, 0.1) is 7.11 Å². The predicted octanol–water partition coefficient (Wildman–Crippen LogP) is 1.63. The zero-order valence-corrected chi connectivity index (χ0v) is 10.4. The lowest BCUT2D eigenvalue weighted by Crippen LogP contribution is -2.17. The first-order chi connectivity index (χ1) is 8.52. The van der Waals surface area contributed by atoms with Crippen molar-refractivity contribution in [3.63, 3.8) is 0 Å². The molecule has 0 heterocycles. The van der Waals surface area contributed by atoms with Crippen LogP contribution in [0.5, 0.6) is 0 Å². The number of carbonyl (C=O) groups is 3. The van der Waals surface area contributed by atoms with Crippen molar-refractivity contribution < 1.29 is 23.9 Å². The molecular formula is C12H11ClO5. The van der Waals surface area contributed by atoms with E-state index in [1.807, 2.05) is 0 Å². The van der Waals surface area contributed by atoms with Crippen molar-refractivity contribution in [2.45, 2.75) is 6.42 Å². The zero-order chi connectivity index (χ0) is 13.5. The van der Waals surface area contributed by atoms with Crippen LogP contribution in [0.15, 0.2) is 24.3 Å². The van der Waals surface area contributed by atoms with Crippen LogP contribution >= 0.6 is 11.6 Å². The van der Waals surface area contributed by atoms with Gasteiger partial charge in [-0.25, -0.2) is 0 Å². The molecule has 0 atom stereocenters. The van der Waals surface area contributed by atoms with Gasteiger partial charge in [-0.3, -0.25) is 14.4 Å². The van der Waals surface area contributed by atoms with E-state index in [-0.39, 0.29) is 5.78 Å². The fraction of sp³-hybridized carbons (Fsp3) is 0.250. The van der Waals surface area contributed by atoms with Gasteiger partial charge in [-0.15, -0.1) is 0 Å². The summed E-state index contributed by atoms with van der Waals surface area (Å²) in [6.07, 6.45) is -0.510. The molecular weight excluding hydrogens is 260 g/mol. The number of ether oxygens (including phenoxy) is 2. The van der Waals surface area contributed by atoms with Crippen LogP contribution in [-0.4, -0.2) is 31.4 Å². The second-order valence-electron chi connectivity index (χ2n) is 3.34. The summed E-state index contributed by atoms with van der Waals surface area (Å²) in [5.41, 5.74) is 0.380. The zero-order valence-electron chi connectivity index (χ0n) is 9.64. The molecule has 1 aromatic carbocycles. The van der Waals surface area contributed by atoms with Gasteiger partial charge < -0.3 is 9.47 Å². The summed E-state index contributed by atoms with van der Waals surface area (Å²) < 4.78 is 8.92. The van der Waals surface area contributed by atoms with Crippen LogP contribution in [0.25, 0.3) is 0 Å². The number of carbonyl (C=O) groups excluding carboxylic acids is 3. The molecule has 18 heavy (non-hydrogen) atoms. The first-order valence-electron chi connectivity index (χ1n) is 5.04. The summed E-state index contributed by atoms with van der Waals surface area (Å²) >= 11 is 5.67. The van der Waals surface area contributed by atoms with Gasteiger partial charge in [-0.1, -0.05) is 11.6 Å². The number of methoxy groups -OCH3 is 1. The molecule has 0 aliphatic rings. The lowest BCUT2D eigenvalue weighted by molar-refractivity contribution is -0.152. The Morgan fingerprint density at radius 3 is 2.28 bits per heavy atom. The molecule has 0 spiro atoms. The second kappa shape index (κ2) is 6.76. The van der Waals surface area contributed by atoms with Crippen molar-refractivity contribution in [2.75, 3.05) is 13.7 Å². The highest BCUT2D eigenvalue weighted by atomic mass is 35.5. The van der Waals surface area contributed by atoms with Gasteiger partial charge in [-0.2, -0.15) is 0 Å². The van der Waals surface area contributed by atoms with Crippen LogP contribution < -0.4 is 0 Å². The Hall–Kier alpha value is -1.88. The van der Waals surface area contributed by atoms with Crippen LogP contribution in [0.1, 0.15) is 16.8 Å². The smallest absolute Gasteiger partial charge is 0.317 e. The summed E-state index contributed by atoms with van der Waals surface area (Å²) in [4.78, 5) is 33.4. The molecule has 0 aliphatic heterocycles. The highest BCUT2D eigenvalue weighted by molar-refractivity contribution is 6.30. The number of ketones is 1. The Morgan fingerprint density at radius 2 is 1.72 bits per heavy atom. The summed E-state index contributed by atoms with van der Waals surface area (Å²) in [7, 11) is 1.16. The van der Waals surface area contributed by atoms with Crippen LogP contribution in [0.2, 0.25) is 5.02 Å². The van der Waals surface area contributed by atoms with E-state index in [4.69, 9.17) is 11.6 Å². The van der Waals surface area contributed by atoms with Crippen molar-refractivity contribution in [3.8, 4) is 0 Å². The van der Waals surface area contributed by atoms with Gasteiger partial charge in [-0.05, 0) is 24.3 Å². The van der Waals surface area contributed by atoms with Gasteiger partial charge in [0, 0.05) is 10.6 Å². The minimum atomic E-state index is -0.802. The molecule has 0 fully saturated rings. The average molecular weight is 271 g/mol. The number of hydrogen-bond donors (Lipinski definition) is 0. The van der Waals surface area contributed by atoms with Crippen LogP contribution in [0, 0.1) is 0 Å². The molecule has 0 saturated heterocycles. The fourth-order valence-corrected chi connectivity index (χ4v) is 1.23. The van der Waals surface area contributed by atoms with Crippen LogP contribution in [0.3, 0.4) is 0 Å². The molecule has 5 nitrogen and oxygen atoms in total. The monoisotopic (exact) mass is 270 g/mol. The molecule has 0 N–H and O–H groups in total. The van der Waals surface area contributed by atoms with Gasteiger partial charge >= 0.3 is 11.9 Å². The minimum absolute atomic E-state index is 0.370. The average Bonchev–Trinajstić information content (AvgIpc) is 2.36. The Labute approximate surface area is 109 Å². The first kappa shape index (κ1) is 14.2. The van der Waals surface area contributed by atoms with Crippen molar-refractivity contribution in [1.29, 1.82) is 0 Å². The third kappa shape index (κ3) is 4.55. The van der Waals surface area contributed by atoms with E-state index in [1.54, 1.807) is 12.1 Å². The van der Waals surface area contributed by atoms with E-state index >= 15 is 0 Å². The molecule has 0 aliphatic carbocycles. The van der Waals surface area contributed by atoms with Gasteiger partial charge in [0.1, 0.15) is 6.42 Å². The van der Waals surface area contributed by atoms with E-state index in [2.05, 4.69) is 9.47 Å². The molecule has 0 aromatic heterocycles. The molecule has 0 amide bonds. The molecule has 1 rings (SSSR count). The minimum Gasteiger partial charge on any atom is -0.469 e. The molecule has 0 radical (unpaired) electrons. The molecule has 0 bridgehead atoms. The van der Waals surface area contributed by atoms with E-state index < -0.39 is 25.0 Å².